The van der Waals surface area contributed by atoms with Crippen LogP contribution in [0.3, 0.4) is 0 Å². The monoisotopic (exact) mass is 420 g/mol. The van der Waals surface area contributed by atoms with E-state index in [0.29, 0.717) is 10.6 Å². The molecule has 1 aromatic carbocycles. The normalized spacial score (nSPS) is 16.0. The number of carbonyl (C=O) groups excluding carboxylic acids is 4. The van der Waals surface area contributed by atoms with E-state index in [1.807, 2.05) is 0 Å². The summed E-state index contributed by atoms with van der Waals surface area (Å²) in [5, 5.41) is 12.2. The second-order valence-electron chi connectivity index (χ2n) is 7.75. The number of nitrogens with zero attached hydrogens (tertiary/aromatic N) is 1. The standard InChI is InChI=1S/C20H24N2O8/c1-20(2,3)29-19(28)21-16(17(25)26)13(11-12-7-5-4-6-8-12)18(27)30-22-14(23)9-10-15(22)24/h4-8,13,16H,9-11H2,1-3H3,(H,21,28)(H,25,26)/t13?,16-/m0/s1. The summed E-state index contributed by atoms with van der Waals surface area (Å²) in [4.78, 5) is 65.2. The summed E-state index contributed by atoms with van der Waals surface area (Å²) in [6.07, 6.45) is -1.36. The van der Waals surface area contributed by atoms with E-state index >= 15 is 0 Å². The Balaban J connectivity index is 2.28. The fourth-order valence-electron chi connectivity index (χ4n) is 2.79. The van der Waals surface area contributed by atoms with E-state index in [2.05, 4.69) is 5.32 Å². The third-order valence-electron chi connectivity index (χ3n) is 4.13. The lowest BCUT2D eigenvalue weighted by Crippen LogP contribution is -2.52. The Morgan fingerprint density at radius 1 is 1.10 bits per heavy atom. The van der Waals surface area contributed by atoms with Gasteiger partial charge >= 0.3 is 18.0 Å². The van der Waals surface area contributed by atoms with Crippen LogP contribution in [-0.4, -0.2) is 51.7 Å². The van der Waals surface area contributed by atoms with Gasteiger partial charge in [-0.15, -0.1) is 5.06 Å². The van der Waals surface area contributed by atoms with Gasteiger partial charge in [-0.3, -0.25) is 9.59 Å². The van der Waals surface area contributed by atoms with Gasteiger partial charge in [-0.1, -0.05) is 30.3 Å². The van der Waals surface area contributed by atoms with Crippen molar-refractivity contribution in [3.63, 3.8) is 0 Å². The van der Waals surface area contributed by atoms with Gasteiger partial charge in [-0.25, -0.2) is 14.4 Å². The summed E-state index contributed by atoms with van der Waals surface area (Å²) in [6.45, 7) is 4.80. The van der Waals surface area contributed by atoms with Crippen LogP contribution in [0.4, 0.5) is 4.79 Å². The molecular weight excluding hydrogens is 396 g/mol. The van der Waals surface area contributed by atoms with Crippen molar-refractivity contribution in [3.05, 3.63) is 35.9 Å². The number of hydrogen-bond donors (Lipinski definition) is 2. The Labute approximate surface area is 173 Å². The van der Waals surface area contributed by atoms with Crippen molar-refractivity contribution in [2.24, 2.45) is 5.92 Å². The van der Waals surface area contributed by atoms with Gasteiger partial charge in [0, 0.05) is 12.8 Å². The quantitative estimate of drug-likeness (QED) is 0.632. The number of hydrogen-bond acceptors (Lipinski definition) is 7. The predicted molar refractivity (Wildman–Crippen MR) is 102 cm³/mol. The molecule has 0 aliphatic carbocycles. The molecule has 1 saturated heterocycles. The number of nitrogens with one attached hydrogen (secondary N) is 1. The molecule has 30 heavy (non-hydrogen) atoms. The molecule has 1 aliphatic heterocycles. The molecule has 1 unspecified atom stereocenters. The van der Waals surface area contributed by atoms with Crippen molar-refractivity contribution in [2.45, 2.75) is 51.7 Å². The Bertz CT molecular complexity index is 815. The number of rotatable bonds is 7. The van der Waals surface area contributed by atoms with Gasteiger partial charge in [-0.05, 0) is 32.8 Å². The predicted octanol–water partition coefficient (Wildman–Crippen LogP) is 1.43. The first-order chi connectivity index (χ1) is 14.0. The van der Waals surface area contributed by atoms with Crippen molar-refractivity contribution < 1.29 is 38.7 Å². The van der Waals surface area contributed by atoms with Crippen molar-refractivity contribution >= 4 is 29.8 Å². The first kappa shape index (κ1) is 22.9. The van der Waals surface area contributed by atoms with Crippen LogP contribution >= 0.6 is 0 Å². The van der Waals surface area contributed by atoms with Gasteiger partial charge in [0.05, 0.1) is 5.92 Å². The molecule has 10 heteroatoms. The maximum atomic E-state index is 12.8. The largest absolute Gasteiger partial charge is 0.480 e. The minimum Gasteiger partial charge on any atom is -0.480 e. The molecular formula is C20H24N2O8. The zero-order valence-corrected chi connectivity index (χ0v) is 16.9. The number of aliphatic carboxylic acids is 1. The summed E-state index contributed by atoms with van der Waals surface area (Å²) < 4.78 is 5.08. The fraction of sp³-hybridized carbons (Fsp3) is 0.450. The Morgan fingerprint density at radius 2 is 1.67 bits per heavy atom. The smallest absolute Gasteiger partial charge is 0.408 e. The molecule has 10 nitrogen and oxygen atoms in total. The molecule has 1 aliphatic rings. The molecule has 1 heterocycles. The van der Waals surface area contributed by atoms with Crippen LogP contribution in [0.2, 0.25) is 0 Å². The van der Waals surface area contributed by atoms with E-state index in [-0.39, 0.29) is 19.3 Å². The number of carbonyl (C=O) groups is 5. The average molecular weight is 420 g/mol. The van der Waals surface area contributed by atoms with Crippen molar-refractivity contribution in [2.75, 3.05) is 0 Å². The lowest BCUT2D eigenvalue weighted by Gasteiger charge is -2.26. The second-order valence-corrected chi connectivity index (χ2v) is 7.75. The third kappa shape index (κ3) is 6.29. The van der Waals surface area contributed by atoms with Crippen molar-refractivity contribution in [1.29, 1.82) is 0 Å². The molecule has 0 spiro atoms. The van der Waals surface area contributed by atoms with E-state index in [0.717, 1.165) is 0 Å². The van der Waals surface area contributed by atoms with Crippen LogP contribution < -0.4 is 5.32 Å². The van der Waals surface area contributed by atoms with E-state index < -0.39 is 47.4 Å². The van der Waals surface area contributed by atoms with Crippen molar-refractivity contribution in [1.82, 2.24) is 10.4 Å². The van der Waals surface area contributed by atoms with E-state index in [4.69, 9.17) is 9.57 Å². The van der Waals surface area contributed by atoms with Crippen molar-refractivity contribution in [3.8, 4) is 0 Å². The maximum Gasteiger partial charge on any atom is 0.408 e. The van der Waals surface area contributed by atoms with Crippen LogP contribution in [-0.2, 0) is 35.2 Å². The molecule has 0 radical (unpaired) electrons. The fourth-order valence-corrected chi connectivity index (χ4v) is 2.79. The van der Waals surface area contributed by atoms with Crippen LogP contribution in [0.25, 0.3) is 0 Å². The number of carboxylic acid groups (broad SMARTS) is 1. The number of ether oxygens (including phenoxy) is 1. The summed E-state index contributed by atoms with van der Waals surface area (Å²) in [5.41, 5.74) is -0.299. The minimum atomic E-state index is -1.72. The molecule has 0 bridgehead atoms. The number of carboxylic acids is 1. The van der Waals surface area contributed by atoms with Gasteiger partial charge in [0.15, 0.2) is 0 Å². The van der Waals surface area contributed by atoms with Gasteiger partial charge in [0.1, 0.15) is 11.6 Å². The minimum absolute atomic E-state index is 0.103. The van der Waals surface area contributed by atoms with E-state index in [1.54, 1.807) is 51.1 Å². The van der Waals surface area contributed by atoms with E-state index in [1.165, 1.54) is 0 Å². The van der Waals surface area contributed by atoms with Crippen LogP contribution in [0, 0.1) is 5.92 Å². The van der Waals surface area contributed by atoms with Gasteiger partial charge in [-0.2, -0.15) is 0 Å². The van der Waals surface area contributed by atoms with Crippen LogP contribution in [0.5, 0.6) is 0 Å². The highest BCUT2D eigenvalue weighted by molar-refractivity contribution is 6.02. The number of imide groups is 1. The van der Waals surface area contributed by atoms with Crippen LogP contribution in [0.15, 0.2) is 30.3 Å². The summed E-state index contributed by atoms with van der Waals surface area (Å²) in [5.74, 6) is -5.46. The number of hydroxylamine groups is 2. The molecule has 0 saturated carbocycles. The molecule has 0 aromatic heterocycles. The number of benzene rings is 1. The van der Waals surface area contributed by atoms with E-state index in [9.17, 15) is 29.1 Å². The molecule has 1 fully saturated rings. The first-order valence-electron chi connectivity index (χ1n) is 9.32. The SMILES string of the molecule is CC(C)(C)OC(=O)N[C@H](C(=O)O)C(Cc1ccccc1)C(=O)ON1C(=O)CCC1=O. The highest BCUT2D eigenvalue weighted by Crippen LogP contribution is 2.20. The first-order valence-corrected chi connectivity index (χ1v) is 9.32. The summed E-state index contributed by atoms with van der Waals surface area (Å²) >= 11 is 0. The highest BCUT2D eigenvalue weighted by Gasteiger charge is 2.41. The van der Waals surface area contributed by atoms with Gasteiger partial charge in [0.2, 0.25) is 0 Å². The zero-order valence-electron chi connectivity index (χ0n) is 16.9. The Morgan fingerprint density at radius 3 is 2.17 bits per heavy atom. The molecule has 162 valence electrons. The van der Waals surface area contributed by atoms with Gasteiger partial charge < -0.3 is 20.0 Å². The summed E-state index contributed by atoms with van der Waals surface area (Å²) in [7, 11) is 0. The van der Waals surface area contributed by atoms with Gasteiger partial charge in [0.25, 0.3) is 11.8 Å². The average Bonchev–Trinajstić information content (AvgIpc) is 2.95. The number of amides is 3. The second kappa shape index (κ2) is 9.38. The Kier molecular flexibility index (Phi) is 7.14. The summed E-state index contributed by atoms with van der Waals surface area (Å²) in [6, 6.07) is 6.74. The Hall–Kier alpha value is -3.43. The molecule has 2 N–H and O–H groups in total. The molecule has 2 atom stereocenters. The maximum absolute atomic E-state index is 12.8. The third-order valence-corrected chi connectivity index (χ3v) is 4.13. The molecule has 2 rings (SSSR count). The highest BCUT2D eigenvalue weighted by atomic mass is 16.7. The van der Waals surface area contributed by atoms with Crippen LogP contribution in [0.1, 0.15) is 39.2 Å². The lowest BCUT2D eigenvalue weighted by atomic mass is 9.92. The number of alkyl carbamates (subject to hydrolysis) is 1. The molecule has 1 aromatic rings. The lowest BCUT2D eigenvalue weighted by molar-refractivity contribution is -0.201. The zero-order chi connectivity index (χ0) is 22.5. The molecule has 3 amide bonds. The topological polar surface area (TPSA) is 139 Å².